The molecular formula is C14H18N2OS. The normalized spacial score (nSPS) is 12.5. The minimum absolute atomic E-state index is 0.174. The Morgan fingerprint density at radius 2 is 2.00 bits per heavy atom. The van der Waals surface area contributed by atoms with Gasteiger partial charge in [0.2, 0.25) is 0 Å². The predicted molar refractivity (Wildman–Crippen MR) is 75.3 cm³/mol. The highest BCUT2D eigenvalue weighted by Gasteiger charge is 2.18. The first-order chi connectivity index (χ1) is 8.52. The van der Waals surface area contributed by atoms with E-state index < -0.39 is 0 Å². The molecule has 0 saturated carbocycles. The second kappa shape index (κ2) is 5.08. The molecule has 0 fully saturated rings. The van der Waals surface area contributed by atoms with Crippen LogP contribution < -0.4 is 10.5 Å². The van der Waals surface area contributed by atoms with E-state index in [-0.39, 0.29) is 6.04 Å². The molecule has 4 heteroatoms. The van der Waals surface area contributed by atoms with Gasteiger partial charge in [-0.1, -0.05) is 6.07 Å². The molecule has 0 aliphatic rings. The molecule has 2 aromatic rings. The van der Waals surface area contributed by atoms with Gasteiger partial charge in [-0.25, -0.2) is 4.98 Å². The molecule has 2 rings (SSSR count). The van der Waals surface area contributed by atoms with Crippen LogP contribution in [0.2, 0.25) is 0 Å². The summed E-state index contributed by atoms with van der Waals surface area (Å²) in [5.74, 6) is 0.853. The van der Waals surface area contributed by atoms with Crippen molar-refractivity contribution in [1.29, 1.82) is 0 Å². The molecule has 0 spiro atoms. The summed E-state index contributed by atoms with van der Waals surface area (Å²) in [6.07, 6.45) is 1.85. The van der Waals surface area contributed by atoms with Crippen LogP contribution in [0.3, 0.4) is 0 Å². The van der Waals surface area contributed by atoms with Crippen LogP contribution in [-0.4, -0.2) is 12.1 Å². The highest BCUT2D eigenvalue weighted by atomic mass is 32.1. The fourth-order valence-electron chi connectivity index (χ4n) is 2.17. The van der Waals surface area contributed by atoms with Crippen LogP contribution in [0, 0.1) is 20.8 Å². The molecule has 0 bridgehead atoms. The average Bonchev–Trinajstić information content (AvgIpc) is 2.74. The number of aryl methyl sites for hydroxylation is 3. The van der Waals surface area contributed by atoms with Crippen molar-refractivity contribution in [3.05, 3.63) is 44.9 Å². The number of aromatic nitrogens is 1. The Bertz CT molecular complexity index is 563. The molecule has 0 aliphatic heterocycles. The molecule has 0 radical (unpaired) electrons. The first-order valence-corrected chi connectivity index (χ1v) is 6.67. The summed E-state index contributed by atoms with van der Waals surface area (Å²) in [5.41, 5.74) is 9.73. The van der Waals surface area contributed by atoms with E-state index in [1.54, 1.807) is 18.4 Å². The van der Waals surface area contributed by atoms with Crippen molar-refractivity contribution in [2.45, 2.75) is 26.8 Å². The van der Waals surface area contributed by atoms with Crippen LogP contribution in [-0.2, 0) is 0 Å². The highest BCUT2D eigenvalue weighted by molar-refractivity contribution is 7.11. The molecule has 2 N–H and O–H groups in total. The molecule has 1 unspecified atom stereocenters. The average molecular weight is 262 g/mol. The van der Waals surface area contributed by atoms with E-state index in [2.05, 4.69) is 24.9 Å². The molecule has 0 aliphatic carbocycles. The maximum atomic E-state index is 6.35. The Kier molecular flexibility index (Phi) is 3.68. The largest absolute Gasteiger partial charge is 0.496 e. The van der Waals surface area contributed by atoms with Crippen LogP contribution in [0.1, 0.15) is 32.6 Å². The van der Waals surface area contributed by atoms with E-state index in [0.29, 0.717) is 0 Å². The second-order valence-electron chi connectivity index (χ2n) is 4.46. The van der Waals surface area contributed by atoms with Gasteiger partial charge in [0.1, 0.15) is 5.75 Å². The smallest absolute Gasteiger partial charge is 0.124 e. The van der Waals surface area contributed by atoms with E-state index in [9.17, 15) is 0 Å². The fourth-order valence-corrected chi connectivity index (χ4v) is 2.97. The van der Waals surface area contributed by atoms with Crippen molar-refractivity contribution in [3.8, 4) is 5.75 Å². The molecule has 96 valence electrons. The Balaban J connectivity index is 2.50. The molecule has 1 aromatic carbocycles. The van der Waals surface area contributed by atoms with Crippen molar-refractivity contribution in [1.82, 2.24) is 4.98 Å². The van der Waals surface area contributed by atoms with Crippen molar-refractivity contribution < 1.29 is 4.74 Å². The van der Waals surface area contributed by atoms with E-state index in [4.69, 9.17) is 10.5 Å². The van der Waals surface area contributed by atoms with Gasteiger partial charge in [0, 0.05) is 16.6 Å². The number of rotatable bonds is 3. The third-order valence-corrected chi connectivity index (χ3v) is 3.97. The zero-order valence-corrected chi connectivity index (χ0v) is 12.0. The first kappa shape index (κ1) is 13.1. The summed E-state index contributed by atoms with van der Waals surface area (Å²) in [6.45, 7) is 6.11. The second-order valence-corrected chi connectivity index (χ2v) is 5.72. The number of nitrogens with zero attached hydrogens (tertiary/aromatic N) is 1. The van der Waals surface area contributed by atoms with Gasteiger partial charge in [-0.05, 0) is 38.0 Å². The van der Waals surface area contributed by atoms with Crippen molar-refractivity contribution in [3.63, 3.8) is 0 Å². The van der Waals surface area contributed by atoms with Crippen LogP contribution in [0.15, 0.2) is 18.3 Å². The van der Waals surface area contributed by atoms with Gasteiger partial charge < -0.3 is 10.5 Å². The number of benzene rings is 1. The van der Waals surface area contributed by atoms with Gasteiger partial charge >= 0.3 is 0 Å². The number of hydrogen-bond donors (Lipinski definition) is 1. The lowest BCUT2D eigenvalue weighted by Crippen LogP contribution is -2.13. The number of nitrogens with two attached hydrogens (primary N) is 1. The summed E-state index contributed by atoms with van der Waals surface area (Å²) >= 11 is 1.63. The number of ether oxygens (including phenoxy) is 1. The molecule has 1 atom stereocenters. The van der Waals surface area contributed by atoms with Gasteiger partial charge in [0.05, 0.1) is 18.2 Å². The van der Waals surface area contributed by atoms with Gasteiger partial charge in [0.25, 0.3) is 0 Å². The molecule has 18 heavy (non-hydrogen) atoms. The highest BCUT2D eigenvalue weighted by Crippen LogP contribution is 2.34. The van der Waals surface area contributed by atoms with E-state index in [1.165, 1.54) is 5.56 Å². The standard InChI is InChI=1S/C14H18N2OS/c1-8-5-9(2)13(11(6-8)17-4)14(15)12-7-16-10(3)18-12/h5-7,14H,15H2,1-4H3. The molecule has 0 amide bonds. The quantitative estimate of drug-likeness (QED) is 0.924. The van der Waals surface area contributed by atoms with E-state index >= 15 is 0 Å². The molecule has 3 nitrogen and oxygen atoms in total. The van der Waals surface area contributed by atoms with Crippen LogP contribution >= 0.6 is 11.3 Å². The van der Waals surface area contributed by atoms with Crippen LogP contribution in [0.25, 0.3) is 0 Å². The minimum Gasteiger partial charge on any atom is -0.496 e. The topological polar surface area (TPSA) is 48.1 Å². The third-order valence-electron chi connectivity index (χ3n) is 2.97. The van der Waals surface area contributed by atoms with Crippen molar-refractivity contribution in [2.24, 2.45) is 5.73 Å². The summed E-state index contributed by atoms with van der Waals surface area (Å²) in [6, 6.07) is 3.98. The van der Waals surface area contributed by atoms with Gasteiger partial charge in [-0.2, -0.15) is 0 Å². The SMILES string of the molecule is COc1cc(C)cc(C)c1C(N)c1cnc(C)s1. The lowest BCUT2D eigenvalue weighted by molar-refractivity contribution is 0.407. The van der Waals surface area contributed by atoms with E-state index in [0.717, 1.165) is 26.8 Å². The lowest BCUT2D eigenvalue weighted by Gasteiger charge is -2.17. The summed E-state index contributed by atoms with van der Waals surface area (Å²) in [4.78, 5) is 5.33. The first-order valence-electron chi connectivity index (χ1n) is 5.86. The minimum atomic E-state index is -0.174. The lowest BCUT2D eigenvalue weighted by atomic mass is 9.97. The Hall–Kier alpha value is -1.39. The number of hydrogen-bond acceptors (Lipinski definition) is 4. The maximum absolute atomic E-state index is 6.35. The molecule has 1 heterocycles. The van der Waals surface area contributed by atoms with Gasteiger partial charge in [0.15, 0.2) is 0 Å². The Labute approximate surface area is 112 Å². The maximum Gasteiger partial charge on any atom is 0.124 e. The predicted octanol–water partition coefficient (Wildman–Crippen LogP) is 3.13. The van der Waals surface area contributed by atoms with E-state index in [1.807, 2.05) is 19.2 Å². The van der Waals surface area contributed by atoms with Crippen molar-refractivity contribution >= 4 is 11.3 Å². The zero-order chi connectivity index (χ0) is 13.3. The summed E-state index contributed by atoms with van der Waals surface area (Å²) in [5, 5.41) is 1.03. The van der Waals surface area contributed by atoms with Crippen LogP contribution in [0.4, 0.5) is 0 Å². The van der Waals surface area contributed by atoms with Gasteiger partial charge in [-0.15, -0.1) is 11.3 Å². The fraction of sp³-hybridized carbons (Fsp3) is 0.357. The number of thiazole rings is 1. The monoisotopic (exact) mass is 262 g/mol. The molecular weight excluding hydrogens is 244 g/mol. The number of methoxy groups -OCH3 is 1. The Morgan fingerprint density at radius 3 is 2.56 bits per heavy atom. The third kappa shape index (κ3) is 2.40. The molecule has 0 saturated heterocycles. The summed E-state index contributed by atoms with van der Waals surface area (Å²) in [7, 11) is 1.68. The molecule has 1 aromatic heterocycles. The summed E-state index contributed by atoms with van der Waals surface area (Å²) < 4.78 is 5.46. The van der Waals surface area contributed by atoms with Crippen molar-refractivity contribution in [2.75, 3.05) is 7.11 Å². The van der Waals surface area contributed by atoms with Crippen LogP contribution in [0.5, 0.6) is 5.75 Å². The van der Waals surface area contributed by atoms with Gasteiger partial charge in [-0.3, -0.25) is 0 Å². The Morgan fingerprint density at radius 1 is 1.28 bits per heavy atom. The zero-order valence-electron chi connectivity index (χ0n) is 11.2.